The molecular weight excluding hydrogens is 536 g/mol. The second-order valence-corrected chi connectivity index (χ2v) is 9.69. The molecule has 0 bridgehead atoms. The lowest BCUT2D eigenvalue weighted by molar-refractivity contribution is -0.341. The molecule has 0 saturated carbocycles. The van der Waals surface area contributed by atoms with E-state index in [1.807, 2.05) is 6.92 Å². The lowest BCUT2D eigenvalue weighted by atomic mass is 9.98. The molecule has 1 aliphatic heterocycles. The van der Waals surface area contributed by atoms with Gasteiger partial charge in [0.05, 0.1) is 0 Å². The van der Waals surface area contributed by atoms with E-state index in [4.69, 9.17) is 33.2 Å². The predicted octanol–water partition coefficient (Wildman–Crippen LogP) is 1.58. The van der Waals surface area contributed by atoms with E-state index < -0.39 is 71.8 Å². The first-order chi connectivity index (χ1) is 16.2. The number of halogens is 1. The molecule has 35 heavy (non-hydrogen) atoms. The van der Waals surface area contributed by atoms with Gasteiger partial charge in [-0.05, 0) is 20.3 Å². The van der Waals surface area contributed by atoms with Crippen molar-refractivity contribution >= 4 is 45.6 Å². The van der Waals surface area contributed by atoms with Gasteiger partial charge in [0.15, 0.2) is 30.4 Å². The Balaban J connectivity index is 3.51. The summed E-state index contributed by atoms with van der Waals surface area (Å²) in [6.45, 7) is 9.03. The minimum absolute atomic E-state index is 0.213. The molecule has 0 N–H and O–H groups in total. The van der Waals surface area contributed by atoms with Gasteiger partial charge in [0.1, 0.15) is 17.0 Å². The van der Waals surface area contributed by atoms with Gasteiger partial charge in [0, 0.05) is 34.3 Å². The summed E-state index contributed by atoms with van der Waals surface area (Å²) >= 11 is 3.32. The van der Waals surface area contributed by atoms with Crippen LogP contribution in [0.1, 0.15) is 54.9 Å². The van der Waals surface area contributed by atoms with E-state index in [0.717, 1.165) is 20.8 Å². The highest BCUT2D eigenvalue weighted by Gasteiger charge is 2.54. The van der Waals surface area contributed by atoms with Crippen LogP contribution in [-0.4, -0.2) is 84.2 Å². The van der Waals surface area contributed by atoms with Crippen LogP contribution in [0.4, 0.5) is 0 Å². The Morgan fingerprint density at radius 3 is 1.83 bits per heavy atom. The summed E-state index contributed by atoms with van der Waals surface area (Å²) in [5.41, 5.74) is 0. The van der Waals surface area contributed by atoms with Gasteiger partial charge in [-0.25, -0.2) is 0 Å². The van der Waals surface area contributed by atoms with E-state index in [9.17, 15) is 24.0 Å². The van der Waals surface area contributed by atoms with Crippen LogP contribution in [0.15, 0.2) is 0 Å². The summed E-state index contributed by atoms with van der Waals surface area (Å²) in [4.78, 5) is 59.4. The smallest absolute Gasteiger partial charge is 0.303 e. The zero-order valence-corrected chi connectivity index (χ0v) is 22.4. The number of carbonyl (C=O) groups excluding carboxylic acids is 5. The number of ether oxygens (including phenoxy) is 7. The Morgan fingerprint density at radius 1 is 0.857 bits per heavy atom. The Labute approximate surface area is 212 Å². The van der Waals surface area contributed by atoms with Crippen molar-refractivity contribution in [3.63, 3.8) is 0 Å². The first-order valence-corrected chi connectivity index (χ1v) is 11.8. The lowest BCUT2D eigenvalue weighted by Crippen LogP contribution is -2.64. The van der Waals surface area contributed by atoms with Gasteiger partial charge in [-0.2, -0.15) is 0 Å². The molecule has 0 aromatic carbocycles. The minimum Gasteiger partial charge on any atom is -0.463 e. The molecule has 0 spiro atoms. The molecule has 1 aliphatic rings. The number of hydrogen-bond acceptors (Lipinski definition) is 12. The van der Waals surface area contributed by atoms with Crippen molar-refractivity contribution in [2.75, 3.05) is 13.2 Å². The summed E-state index contributed by atoms with van der Waals surface area (Å²) in [5, 5.41) is 0. The molecule has 0 amide bonds. The summed E-state index contributed by atoms with van der Waals surface area (Å²) in [6, 6.07) is 0. The van der Waals surface area contributed by atoms with E-state index >= 15 is 0 Å². The molecule has 0 radical (unpaired) electrons. The normalized spacial score (nSPS) is 26.6. The molecule has 1 rings (SSSR count). The molecule has 0 aromatic rings. The zero-order chi connectivity index (χ0) is 26.9. The van der Waals surface area contributed by atoms with Crippen molar-refractivity contribution < 1.29 is 57.1 Å². The SMILES string of the molecule is CCCO[C@@H](O[C@@H]1O[C@H](COC(C)=O)[C@@H](OC(C)=O)[C@H](OC(C)=O)[C@H]1OC(C)=O)[C@@](C)(Br)C(C)=O. The number of hydrogen-bond donors (Lipinski definition) is 0. The number of rotatable bonds is 12. The molecule has 200 valence electrons. The molecule has 0 aromatic heterocycles. The summed E-state index contributed by atoms with van der Waals surface area (Å²) < 4.78 is 37.3. The average molecular weight is 569 g/mol. The molecule has 7 atom stereocenters. The number of carbonyl (C=O) groups is 5. The van der Waals surface area contributed by atoms with Crippen LogP contribution in [0.3, 0.4) is 0 Å². The van der Waals surface area contributed by atoms with Gasteiger partial charge in [-0.1, -0.05) is 22.9 Å². The van der Waals surface area contributed by atoms with Crippen LogP contribution >= 0.6 is 15.9 Å². The summed E-state index contributed by atoms with van der Waals surface area (Å²) in [6.07, 6.45) is -7.45. The van der Waals surface area contributed by atoms with Gasteiger partial charge in [-0.3, -0.25) is 24.0 Å². The second kappa shape index (κ2) is 13.9. The Bertz CT molecular complexity index is 782. The van der Waals surface area contributed by atoms with Crippen molar-refractivity contribution in [2.45, 2.75) is 96.2 Å². The van der Waals surface area contributed by atoms with Crippen LogP contribution in [0.25, 0.3) is 0 Å². The van der Waals surface area contributed by atoms with E-state index in [-0.39, 0.29) is 12.4 Å². The molecule has 1 saturated heterocycles. The minimum atomic E-state index is -1.48. The van der Waals surface area contributed by atoms with Crippen LogP contribution in [0, 0.1) is 0 Å². The third kappa shape index (κ3) is 9.47. The fourth-order valence-electron chi connectivity index (χ4n) is 3.13. The maximum atomic E-state index is 12.3. The van der Waals surface area contributed by atoms with E-state index in [0.29, 0.717) is 6.42 Å². The monoisotopic (exact) mass is 568 g/mol. The maximum absolute atomic E-state index is 12.3. The van der Waals surface area contributed by atoms with Crippen LogP contribution in [-0.2, 0) is 57.1 Å². The largest absolute Gasteiger partial charge is 0.463 e. The molecule has 0 unspecified atom stereocenters. The zero-order valence-electron chi connectivity index (χ0n) is 20.9. The number of alkyl halides is 1. The Hall–Kier alpha value is -2.09. The van der Waals surface area contributed by atoms with Crippen LogP contribution < -0.4 is 0 Å². The fraction of sp³-hybridized carbons (Fsp3) is 0.773. The van der Waals surface area contributed by atoms with E-state index in [1.54, 1.807) is 0 Å². The predicted molar refractivity (Wildman–Crippen MR) is 121 cm³/mol. The van der Waals surface area contributed by atoms with Gasteiger partial charge in [0.2, 0.25) is 6.29 Å². The first kappa shape index (κ1) is 30.9. The highest BCUT2D eigenvalue weighted by Crippen LogP contribution is 2.34. The van der Waals surface area contributed by atoms with Crippen molar-refractivity contribution in [1.29, 1.82) is 0 Å². The fourth-order valence-corrected chi connectivity index (χ4v) is 3.37. The topological polar surface area (TPSA) is 150 Å². The van der Waals surface area contributed by atoms with Gasteiger partial charge >= 0.3 is 23.9 Å². The third-order valence-electron chi connectivity index (χ3n) is 4.81. The van der Waals surface area contributed by atoms with Crippen molar-refractivity contribution in [1.82, 2.24) is 0 Å². The third-order valence-corrected chi connectivity index (χ3v) is 5.74. The molecule has 1 fully saturated rings. The quantitative estimate of drug-likeness (QED) is 0.145. The number of esters is 4. The first-order valence-electron chi connectivity index (χ1n) is 11.0. The number of Topliss-reactive ketones (excluding diaryl/α,β-unsaturated/α-hetero) is 1. The van der Waals surface area contributed by atoms with Gasteiger partial charge in [-0.15, -0.1) is 0 Å². The van der Waals surface area contributed by atoms with E-state index in [2.05, 4.69) is 15.9 Å². The van der Waals surface area contributed by atoms with Crippen molar-refractivity contribution in [2.24, 2.45) is 0 Å². The highest BCUT2D eigenvalue weighted by atomic mass is 79.9. The molecule has 1 heterocycles. The lowest BCUT2D eigenvalue weighted by Gasteiger charge is -2.45. The molecule has 0 aliphatic carbocycles. The van der Waals surface area contributed by atoms with Crippen LogP contribution in [0.2, 0.25) is 0 Å². The summed E-state index contributed by atoms with van der Waals surface area (Å²) in [7, 11) is 0. The van der Waals surface area contributed by atoms with Crippen LogP contribution in [0.5, 0.6) is 0 Å². The molecular formula is C22H33BrO12. The van der Waals surface area contributed by atoms with Gasteiger partial charge in [0.25, 0.3) is 0 Å². The van der Waals surface area contributed by atoms with Gasteiger partial charge < -0.3 is 33.2 Å². The number of ketones is 1. The Kier molecular flexibility index (Phi) is 12.2. The second-order valence-electron chi connectivity index (χ2n) is 8.04. The van der Waals surface area contributed by atoms with E-state index in [1.165, 1.54) is 20.8 Å². The van der Waals surface area contributed by atoms with Crippen molar-refractivity contribution in [3.05, 3.63) is 0 Å². The van der Waals surface area contributed by atoms with Crippen molar-refractivity contribution in [3.8, 4) is 0 Å². The average Bonchev–Trinajstić information content (AvgIpc) is 2.72. The molecule has 13 heteroatoms. The maximum Gasteiger partial charge on any atom is 0.303 e. The standard InChI is InChI=1S/C22H33BrO12/c1-8-9-29-21(22(7,23)11(2)24)35-20-19(33-15(6)28)18(32-14(5)27)17(31-13(4)26)16(34-20)10-30-12(3)25/h16-21H,8-10H2,1-7H3/t16-,17-,18+,19-,20+,21+,22+/m1/s1. The Morgan fingerprint density at radius 2 is 1.37 bits per heavy atom. The summed E-state index contributed by atoms with van der Waals surface area (Å²) in [5.74, 6) is -3.28. The molecule has 12 nitrogen and oxygen atoms in total. The highest BCUT2D eigenvalue weighted by molar-refractivity contribution is 9.10.